The van der Waals surface area contributed by atoms with E-state index in [-0.39, 0.29) is 12.2 Å². The van der Waals surface area contributed by atoms with Crippen LogP contribution in [-0.4, -0.2) is 122 Å². The van der Waals surface area contributed by atoms with Crippen molar-refractivity contribution in [2.24, 2.45) is 5.41 Å². The van der Waals surface area contributed by atoms with Crippen LogP contribution in [0.5, 0.6) is 0 Å². The highest BCUT2D eigenvalue weighted by Gasteiger charge is 2.48. The molecule has 0 radical (unpaired) electrons. The number of rotatable bonds is 8. The Hall–Kier alpha value is -1.29. The zero-order chi connectivity index (χ0) is 27.0. The standard InChI is InChI=1S/C24H38O12/c1-11-7-13(26)8-23(3,4)24(11,32)6-5-12(2)34-22-20(31)18(29)17(28)15(36-22)10-33-21-19(30)16(27)14(9-25)35-21/h5-7,12,14-22,25,27-32H,8-10H2,1-4H3/b6-5+/t12-,14+,15-,16+,17-,18+,19-,20-,21-,22-,24-/m1/s1. The van der Waals surface area contributed by atoms with E-state index in [1.54, 1.807) is 33.8 Å². The molecular formula is C24H38O12. The van der Waals surface area contributed by atoms with Gasteiger partial charge in [-0.3, -0.25) is 4.79 Å². The highest BCUT2D eigenvalue weighted by molar-refractivity contribution is 5.92. The molecule has 2 heterocycles. The van der Waals surface area contributed by atoms with Gasteiger partial charge in [0.1, 0.15) is 48.3 Å². The predicted molar refractivity (Wildman–Crippen MR) is 122 cm³/mol. The van der Waals surface area contributed by atoms with E-state index >= 15 is 0 Å². The number of ether oxygens (including phenoxy) is 4. The molecular weight excluding hydrogens is 480 g/mol. The predicted octanol–water partition coefficient (Wildman–Crippen LogP) is -2.11. The summed E-state index contributed by atoms with van der Waals surface area (Å²) in [6.45, 7) is 5.91. The fourth-order valence-corrected chi connectivity index (χ4v) is 4.75. The smallest absolute Gasteiger partial charge is 0.187 e. The molecule has 11 atom stereocenters. The van der Waals surface area contributed by atoms with Crippen molar-refractivity contribution in [2.75, 3.05) is 13.2 Å². The lowest BCUT2D eigenvalue weighted by atomic mass is 9.64. The number of carbonyl (C=O) groups is 1. The molecule has 0 unspecified atom stereocenters. The van der Waals surface area contributed by atoms with Crippen molar-refractivity contribution in [2.45, 2.75) is 101 Å². The van der Waals surface area contributed by atoms with Gasteiger partial charge in [-0.2, -0.15) is 0 Å². The molecule has 2 fully saturated rings. The third-order valence-electron chi connectivity index (χ3n) is 7.18. The molecule has 3 aliphatic rings. The summed E-state index contributed by atoms with van der Waals surface area (Å²) in [5, 5.41) is 71.3. The maximum Gasteiger partial charge on any atom is 0.187 e. The second-order valence-corrected chi connectivity index (χ2v) is 10.4. The molecule has 0 bridgehead atoms. The molecule has 0 aromatic heterocycles. The zero-order valence-corrected chi connectivity index (χ0v) is 20.8. The Labute approximate surface area is 209 Å². The van der Waals surface area contributed by atoms with Crippen LogP contribution in [0.3, 0.4) is 0 Å². The van der Waals surface area contributed by atoms with Crippen LogP contribution in [0.2, 0.25) is 0 Å². The Kier molecular flexibility index (Phi) is 9.12. The maximum absolute atomic E-state index is 11.9. The van der Waals surface area contributed by atoms with Crippen LogP contribution in [0.4, 0.5) is 0 Å². The zero-order valence-electron chi connectivity index (χ0n) is 20.8. The Morgan fingerprint density at radius 3 is 2.19 bits per heavy atom. The molecule has 2 aliphatic heterocycles. The van der Waals surface area contributed by atoms with Gasteiger partial charge in [0.2, 0.25) is 0 Å². The molecule has 36 heavy (non-hydrogen) atoms. The summed E-state index contributed by atoms with van der Waals surface area (Å²) < 4.78 is 21.9. The van der Waals surface area contributed by atoms with Gasteiger partial charge in [-0.1, -0.05) is 19.9 Å². The van der Waals surface area contributed by atoms with Crippen molar-refractivity contribution < 1.29 is 59.5 Å². The number of carbonyl (C=O) groups excluding carboxylic acids is 1. The largest absolute Gasteiger partial charge is 0.394 e. The minimum absolute atomic E-state index is 0.0729. The average molecular weight is 519 g/mol. The van der Waals surface area contributed by atoms with E-state index in [9.17, 15) is 40.5 Å². The average Bonchev–Trinajstić information content (AvgIpc) is 3.08. The summed E-state index contributed by atoms with van der Waals surface area (Å²) in [7, 11) is 0. The lowest BCUT2D eigenvalue weighted by molar-refractivity contribution is -0.314. The quantitative estimate of drug-likeness (QED) is 0.173. The van der Waals surface area contributed by atoms with Crippen LogP contribution in [0.15, 0.2) is 23.8 Å². The molecule has 2 saturated heterocycles. The molecule has 7 N–H and O–H groups in total. The lowest BCUT2D eigenvalue weighted by Crippen LogP contribution is -2.60. The van der Waals surface area contributed by atoms with Gasteiger partial charge in [0.15, 0.2) is 18.4 Å². The van der Waals surface area contributed by atoms with E-state index in [0.29, 0.717) is 5.57 Å². The van der Waals surface area contributed by atoms with E-state index in [2.05, 4.69) is 0 Å². The minimum Gasteiger partial charge on any atom is -0.394 e. The van der Waals surface area contributed by atoms with E-state index in [1.807, 2.05) is 0 Å². The van der Waals surface area contributed by atoms with E-state index in [4.69, 9.17) is 18.9 Å². The Morgan fingerprint density at radius 2 is 1.61 bits per heavy atom. The number of aliphatic hydroxyl groups excluding tert-OH is 6. The van der Waals surface area contributed by atoms with E-state index in [0.717, 1.165) is 0 Å². The van der Waals surface area contributed by atoms with Gasteiger partial charge in [-0.25, -0.2) is 0 Å². The number of hydrogen-bond donors (Lipinski definition) is 7. The first kappa shape index (κ1) is 29.3. The summed E-state index contributed by atoms with van der Waals surface area (Å²) in [5.41, 5.74) is -1.68. The monoisotopic (exact) mass is 518 g/mol. The van der Waals surface area contributed by atoms with Gasteiger partial charge in [0.25, 0.3) is 0 Å². The molecule has 12 nitrogen and oxygen atoms in total. The SMILES string of the molecule is CC1=CC(=O)CC(C)(C)[C@@]1(O)/C=C/[C@@H](C)O[C@@H]1O[C@H](CO[C@@H]2O[C@@H](CO)[C@H](O)[C@H]2O)[C@@H](O)[C@H](O)[C@H]1O. The summed E-state index contributed by atoms with van der Waals surface area (Å²) in [6, 6.07) is 0. The Bertz CT molecular complexity index is 843. The van der Waals surface area contributed by atoms with Crippen molar-refractivity contribution in [3.63, 3.8) is 0 Å². The van der Waals surface area contributed by atoms with E-state index in [1.165, 1.54) is 12.2 Å². The second kappa shape index (κ2) is 11.2. The fraction of sp³-hybridized carbons (Fsp3) is 0.792. The first-order valence-corrected chi connectivity index (χ1v) is 11.9. The number of ketones is 1. The van der Waals surface area contributed by atoms with Gasteiger partial charge in [0.05, 0.1) is 19.3 Å². The van der Waals surface area contributed by atoms with Crippen molar-refractivity contribution in [3.8, 4) is 0 Å². The molecule has 206 valence electrons. The molecule has 0 spiro atoms. The number of allylic oxidation sites excluding steroid dienone is 1. The van der Waals surface area contributed by atoms with Crippen LogP contribution >= 0.6 is 0 Å². The fourth-order valence-electron chi connectivity index (χ4n) is 4.75. The topological polar surface area (TPSA) is 196 Å². The van der Waals surface area contributed by atoms with Crippen LogP contribution < -0.4 is 0 Å². The summed E-state index contributed by atoms with van der Waals surface area (Å²) in [5.74, 6) is -0.0729. The molecule has 0 aromatic rings. The maximum atomic E-state index is 11.9. The molecule has 0 aromatic carbocycles. The molecule has 3 rings (SSSR count). The van der Waals surface area contributed by atoms with Crippen LogP contribution in [0, 0.1) is 5.41 Å². The highest BCUT2D eigenvalue weighted by Crippen LogP contribution is 2.44. The van der Waals surface area contributed by atoms with Gasteiger partial charge in [-0.15, -0.1) is 0 Å². The van der Waals surface area contributed by atoms with Crippen molar-refractivity contribution in [1.82, 2.24) is 0 Å². The number of hydrogen-bond acceptors (Lipinski definition) is 12. The normalized spacial score (nSPS) is 44.1. The first-order chi connectivity index (χ1) is 16.7. The van der Waals surface area contributed by atoms with Crippen molar-refractivity contribution >= 4 is 5.78 Å². The third kappa shape index (κ3) is 5.74. The summed E-state index contributed by atoms with van der Waals surface area (Å²) >= 11 is 0. The molecule has 12 heteroatoms. The van der Waals surface area contributed by atoms with Crippen LogP contribution in [-0.2, 0) is 23.7 Å². The highest BCUT2D eigenvalue weighted by atomic mass is 16.7. The third-order valence-corrected chi connectivity index (χ3v) is 7.18. The second-order valence-electron chi connectivity index (χ2n) is 10.4. The van der Waals surface area contributed by atoms with Gasteiger partial charge < -0.3 is 54.7 Å². The van der Waals surface area contributed by atoms with Crippen LogP contribution in [0.25, 0.3) is 0 Å². The Morgan fingerprint density at radius 1 is 1.03 bits per heavy atom. The lowest BCUT2D eigenvalue weighted by Gasteiger charge is -2.44. The molecule has 0 saturated carbocycles. The van der Waals surface area contributed by atoms with Gasteiger partial charge in [-0.05, 0) is 31.6 Å². The minimum atomic E-state index is -1.64. The first-order valence-electron chi connectivity index (χ1n) is 11.9. The van der Waals surface area contributed by atoms with Gasteiger partial charge >= 0.3 is 0 Å². The number of aliphatic hydroxyl groups is 7. The molecule has 1 aliphatic carbocycles. The van der Waals surface area contributed by atoms with Crippen molar-refractivity contribution in [1.29, 1.82) is 0 Å². The summed E-state index contributed by atoms with van der Waals surface area (Å²) in [6.07, 6.45) is -8.62. The van der Waals surface area contributed by atoms with Gasteiger partial charge in [0, 0.05) is 11.8 Å². The Balaban J connectivity index is 1.64. The van der Waals surface area contributed by atoms with E-state index < -0.39 is 85.6 Å². The molecule has 0 amide bonds. The van der Waals surface area contributed by atoms with Crippen molar-refractivity contribution in [3.05, 3.63) is 23.8 Å². The summed E-state index contributed by atoms with van der Waals surface area (Å²) in [4.78, 5) is 11.9. The van der Waals surface area contributed by atoms with Crippen LogP contribution in [0.1, 0.15) is 34.1 Å².